The minimum atomic E-state index is -4.15. The summed E-state index contributed by atoms with van der Waals surface area (Å²) in [6.45, 7) is 9.46. The van der Waals surface area contributed by atoms with Crippen molar-refractivity contribution >= 4 is 43.5 Å². The first-order valence-corrected chi connectivity index (χ1v) is 15.9. The molecule has 0 aliphatic heterocycles. The second-order valence-corrected chi connectivity index (χ2v) is 12.7. The molecule has 3 aromatic carbocycles. The van der Waals surface area contributed by atoms with Gasteiger partial charge in [-0.2, -0.15) is 0 Å². The van der Waals surface area contributed by atoms with Gasteiger partial charge in [-0.1, -0.05) is 52.7 Å². The third-order valence-electron chi connectivity index (χ3n) is 6.76. The maximum atomic E-state index is 14.0. The van der Waals surface area contributed by atoms with Crippen molar-refractivity contribution in [2.75, 3.05) is 17.5 Å². The van der Waals surface area contributed by atoms with Crippen molar-refractivity contribution in [2.45, 2.75) is 64.6 Å². The quantitative estimate of drug-likeness (QED) is 0.258. The van der Waals surface area contributed by atoms with E-state index in [0.717, 1.165) is 26.3 Å². The van der Waals surface area contributed by atoms with Gasteiger partial charge >= 0.3 is 0 Å². The molecule has 0 fully saturated rings. The van der Waals surface area contributed by atoms with Gasteiger partial charge in [-0.3, -0.25) is 13.9 Å². The molecule has 3 aromatic rings. The minimum Gasteiger partial charge on any atom is -0.494 e. The Balaban J connectivity index is 2.02. The largest absolute Gasteiger partial charge is 0.494 e. The second-order valence-electron chi connectivity index (χ2n) is 9.89. The standard InChI is InChI=1S/C31H38BrN3O5S/c1-6-23(4)33-31(37)24(5)34(20-25-10-8-22(3)9-11-25)30(36)21-35(27-14-16-28(17-15-27)40-7-2)41(38,39)29-18-12-26(32)13-19-29/h8-19,23-24H,6-7,20-21H2,1-5H3,(H,33,37)/t23-,24+/m0/s1. The average molecular weight is 645 g/mol. The number of aryl methyl sites for hydroxylation is 1. The lowest BCUT2D eigenvalue weighted by Crippen LogP contribution is -2.52. The summed E-state index contributed by atoms with van der Waals surface area (Å²) in [5.74, 6) is -0.227. The first-order valence-electron chi connectivity index (χ1n) is 13.6. The maximum absolute atomic E-state index is 14.0. The van der Waals surface area contributed by atoms with Gasteiger partial charge in [0, 0.05) is 17.1 Å². The zero-order valence-corrected chi connectivity index (χ0v) is 26.5. The SMILES string of the molecule is CCOc1ccc(N(CC(=O)N(Cc2ccc(C)cc2)[C@H](C)C(=O)N[C@@H](C)CC)S(=O)(=O)c2ccc(Br)cc2)cc1. The summed E-state index contributed by atoms with van der Waals surface area (Å²) in [4.78, 5) is 28.6. The Morgan fingerprint density at radius 3 is 2.10 bits per heavy atom. The fourth-order valence-electron chi connectivity index (χ4n) is 4.08. The van der Waals surface area contributed by atoms with Gasteiger partial charge in [-0.15, -0.1) is 0 Å². The van der Waals surface area contributed by atoms with E-state index >= 15 is 0 Å². The van der Waals surface area contributed by atoms with Gasteiger partial charge in [0.2, 0.25) is 11.8 Å². The zero-order valence-electron chi connectivity index (χ0n) is 24.1. The Hall–Kier alpha value is -3.37. The third-order valence-corrected chi connectivity index (χ3v) is 9.07. The highest BCUT2D eigenvalue weighted by Gasteiger charge is 2.32. The van der Waals surface area contributed by atoms with Crippen LogP contribution in [0, 0.1) is 6.92 Å². The Morgan fingerprint density at radius 1 is 0.927 bits per heavy atom. The van der Waals surface area contributed by atoms with Crippen molar-refractivity contribution in [1.82, 2.24) is 10.2 Å². The van der Waals surface area contributed by atoms with Crippen molar-refractivity contribution in [3.63, 3.8) is 0 Å². The molecule has 8 nitrogen and oxygen atoms in total. The molecule has 0 aromatic heterocycles. The summed E-state index contributed by atoms with van der Waals surface area (Å²) in [5.41, 5.74) is 2.20. The summed E-state index contributed by atoms with van der Waals surface area (Å²) in [7, 11) is -4.15. The molecule has 2 amide bonds. The van der Waals surface area contributed by atoms with Crippen LogP contribution in [0.15, 0.2) is 82.2 Å². The highest BCUT2D eigenvalue weighted by atomic mass is 79.9. The lowest BCUT2D eigenvalue weighted by Gasteiger charge is -2.32. The number of sulfonamides is 1. The number of hydrogen-bond donors (Lipinski definition) is 1. The Kier molecular flexibility index (Phi) is 11.4. The van der Waals surface area contributed by atoms with E-state index < -0.39 is 28.5 Å². The molecule has 0 unspecified atom stereocenters. The molecule has 0 heterocycles. The van der Waals surface area contributed by atoms with Gasteiger partial charge in [0.25, 0.3) is 10.0 Å². The number of nitrogens with one attached hydrogen (secondary N) is 1. The van der Waals surface area contributed by atoms with Crippen LogP contribution in [-0.4, -0.2) is 50.4 Å². The number of anilines is 1. The van der Waals surface area contributed by atoms with Crippen molar-refractivity contribution < 1.29 is 22.7 Å². The number of nitrogens with zero attached hydrogens (tertiary/aromatic N) is 2. The molecule has 2 atom stereocenters. The molecular formula is C31H38BrN3O5S. The molecule has 10 heteroatoms. The smallest absolute Gasteiger partial charge is 0.264 e. The van der Waals surface area contributed by atoms with E-state index in [-0.39, 0.29) is 23.4 Å². The lowest BCUT2D eigenvalue weighted by molar-refractivity contribution is -0.139. The number of rotatable bonds is 13. The molecule has 0 bridgehead atoms. The number of halogens is 1. The molecule has 0 aliphatic carbocycles. The topological polar surface area (TPSA) is 96.0 Å². The summed E-state index contributed by atoms with van der Waals surface area (Å²) in [6, 6.07) is 19.6. The van der Waals surface area contributed by atoms with Crippen LogP contribution in [0.4, 0.5) is 5.69 Å². The van der Waals surface area contributed by atoms with Gasteiger partial charge in [-0.05, 0) is 88.2 Å². The van der Waals surface area contributed by atoms with Crippen LogP contribution in [0.2, 0.25) is 0 Å². The summed E-state index contributed by atoms with van der Waals surface area (Å²) in [5, 5.41) is 2.94. The predicted octanol–water partition coefficient (Wildman–Crippen LogP) is 5.68. The monoisotopic (exact) mass is 643 g/mol. The second kappa shape index (κ2) is 14.5. The highest BCUT2D eigenvalue weighted by Crippen LogP contribution is 2.27. The van der Waals surface area contributed by atoms with Crippen LogP contribution >= 0.6 is 15.9 Å². The van der Waals surface area contributed by atoms with Crippen molar-refractivity contribution in [3.05, 3.63) is 88.4 Å². The molecule has 0 radical (unpaired) electrons. The van der Waals surface area contributed by atoms with E-state index in [1.807, 2.05) is 52.0 Å². The summed E-state index contributed by atoms with van der Waals surface area (Å²) in [6.07, 6.45) is 0.737. The van der Waals surface area contributed by atoms with E-state index in [1.54, 1.807) is 43.3 Å². The normalized spacial score (nSPS) is 12.7. The van der Waals surface area contributed by atoms with Crippen LogP contribution in [0.25, 0.3) is 0 Å². The number of hydrogen-bond acceptors (Lipinski definition) is 5. The minimum absolute atomic E-state index is 0.0371. The molecule has 0 spiro atoms. The van der Waals surface area contributed by atoms with Crippen molar-refractivity contribution in [3.8, 4) is 5.75 Å². The number of carbonyl (C=O) groups excluding carboxylic acids is 2. The number of amides is 2. The zero-order chi connectivity index (χ0) is 30.2. The van der Waals surface area contributed by atoms with Gasteiger partial charge in [0.1, 0.15) is 18.3 Å². The number of carbonyl (C=O) groups is 2. The molecule has 1 N–H and O–H groups in total. The van der Waals surface area contributed by atoms with Crippen LogP contribution in [0.3, 0.4) is 0 Å². The van der Waals surface area contributed by atoms with Gasteiger partial charge in [0.15, 0.2) is 0 Å². The third kappa shape index (κ3) is 8.56. The molecular weight excluding hydrogens is 606 g/mol. The van der Waals surface area contributed by atoms with E-state index in [9.17, 15) is 18.0 Å². The molecule has 0 saturated heterocycles. The van der Waals surface area contributed by atoms with Crippen LogP contribution in [0.5, 0.6) is 5.75 Å². The molecule has 3 rings (SSSR count). The van der Waals surface area contributed by atoms with E-state index in [2.05, 4.69) is 21.2 Å². The van der Waals surface area contributed by atoms with E-state index in [4.69, 9.17) is 4.74 Å². The predicted molar refractivity (Wildman–Crippen MR) is 165 cm³/mol. The highest BCUT2D eigenvalue weighted by molar-refractivity contribution is 9.10. The lowest BCUT2D eigenvalue weighted by atomic mass is 10.1. The van der Waals surface area contributed by atoms with Gasteiger partial charge in [0.05, 0.1) is 17.2 Å². The van der Waals surface area contributed by atoms with E-state index in [0.29, 0.717) is 18.0 Å². The molecule has 220 valence electrons. The Morgan fingerprint density at radius 2 is 1.54 bits per heavy atom. The van der Waals surface area contributed by atoms with Gasteiger partial charge < -0.3 is 15.0 Å². The maximum Gasteiger partial charge on any atom is 0.264 e. The first kappa shape index (κ1) is 32.1. The molecule has 41 heavy (non-hydrogen) atoms. The van der Waals surface area contributed by atoms with Crippen molar-refractivity contribution in [2.24, 2.45) is 0 Å². The fourth-order valence-corrected chi connectivity index (χ4v) is 5.75. The summed E-state index contributed by atoms with van der Waals surface area (Å²) < 4.78 is 35.2. The Labute approximate surface area is 251 Å². The van der Waals surface area contributed by atoms with Crippen LogP contribution in [0.1, 0.15) is 45.2 Å². The average Bonchev–Trinajstić information content (AvgIpc) is 2.95. The number of ether oxygens (including phenoxy) is 1. The summed E-state index contributed by atoms with van der Waals surface area (Å²) >= 11 is 3.34. The fraction of sp³-hybridized carbons (Fsp3) is 0.355. The Bertz CT molecular complexity index is 1410. The van der Waals surface area contributed by atoms with Crippen LogP contribution in [-0.2, 0) is 26.2 Å². The first-order chi connectivity index (χ1) is 19.5. The van der Waals surface area contributed by atoms with Gasteiger partial charge in [-0.25, -0.2) is 8.42 Å². The number of benzene rings is 3. The van der Waals surface area contributed by atoms with E-state index in [1.165, 1.54) is 17.0 Å². The van der Waals surface area contributed by atoms with Crippen molar-refractivity contribution in [1.29, 1.82) is 0 Å². The molecule has 0 saturated carbocycles. The van der Waals surface area contributed by atoms with Crippen LogP contribution < -0.4 is 14.4 Å². The molecule has 0 aliphatic rings.